The molecular weight excluding hydrogens is 270 g/mol. The first-order chi connectivity index (χ1) is 9.32. The third-order valence-corrected chi connectivity index (χ3v) is 4.88. The Labute approximate surface area is 125 Å². The van der Waals surface area contributed by atoms with Gasteiger partial charge in [-0.05, 0) is 26.7 Å². The molecule has 0 atom stereocenters. The Morgan fingerprint density at radius 2 is 1.80 bits per heavy atom. The number of nitrogens with zero attached hydrogens (tertiary/aromatic N) is 3. The van der Waals surface area contributed by atoms with E-state index in [0.717, 1.165) is 48.2 Å². The second-order valence-electron chi connectivity index (χ2n) is 6.66. The van der Waals surface area contributed by atoms with Gasteiger partial charge in [-0.25, -0.2) is 4.98 Å². The van der Waals surface area contributed by atoms with Crippen molar-refractivity contribution in [1.82, 2.24) is 9.88 Å². The average Bonchev–Trinajstić information content (AvgIpc) is 2.82. The number of aromatic nitrogens is 1. The van der Waals surface area contributed by atoms with Gasteiger partial charge in [0.05, 0.1) is 10.6 Å². The smallest absolute Gasteiger partial charge is 0.186 e. The fourth-order valence-electron chi connectivity index (χ4n) is 2.53. The Balaban J connectivity index is 2.09. The molecule has 4 nitrogen and oxygen atoms in total. The molecule has 0 unspecified atom stereocenters. The maximum absolute atomic E-state index is 11.2. The molecule has 0 aliphatic carbocycles. The van der Waals surface area contributed by atoms with Gasteiger partial charge in [-0.3, -0.25) is 9.69 Å². The Bertz CT molecular complexity index is 468. The zero-order valence-electron chi connectivity index (χ0n) is 13.1. The van der Waals surface area contributed by atoms with Gasteiger partial charge >= 0.3 is 0 Å². The molecule has 1 aliphatic heterocycles. The molecule has 1 aromatic rings. The van der Waals surface area contributed by atoms with E-state index in [2.05, 4.69) is 49.4 Å². The predicted molar refractivity (Wildman–Crippen MR) is 85.1 cm³/mol. The van der Waals surface area contributed by atoms with Crippen molar-refractivity contribution in [2.75, 3.05) is 31.1 Å². The lowest BCUT2D eigenvalue weighted by atomic mass is 10.1. The van der Waals surface area contributed by atoms with Gasteiger partial charge in [0.2, 0.25) is 0 Å². The van der Waals surface area contributed by atoms with E-state index in [9.17, 15) is 4.79 Å². The summed E-state index contributed by atoms with van der Waals surface area (Å²) in [6.07, 6.45) is 0.946. The number of rotatable bonds is 3. The summed E-state index contributed by atoms with van der Waals surface area (Å²) >= 11 is 1.53. The molecule has 1 aliphatic rings. The fourth-order valence-corrected chi connectivity index (χ4v) is 3.62. The summed E-state index contributed by atoms with van der Waals surface area (Å²) in [6.45, 7) is 15.0. The van der Waals surface area contributed by atoms with E-state index in [1.165, 1.54) is 11.3 Å². The summed E-state index contributed by atoms with van der Waals surface area (Å²) in [5, 5.41) is 1.00. The van der Waals surface area contributed by atoms with E-state index in [-0.39, 0.29) is 5.54 Å². The number of hydrogen-bond donors (Lipinski definition) is 0. The van der Waals surface area contributed by atoms with Gasteiger partial charge in [0, 0.05) is 31.7 Å². The minimum absolute atomic E-state index is 0.228. The molecule has 5 heteroatoms. The summed E-state index contributed by atoms with van der Waals surface area (Å²) in [5.74, 6) is 0.302. The van der Waals surface area contributed by atoms with Crippen molar-refractivity contribution >= 4 is 22.8 Å². The number of carbonyl (C=O) groups is 1. The summed E-state index contributed by atoms with van der Waals surface area (Å²) in [6, 6.07) is 0. The van der Waals surface area contributed by atoms with Crippen molar-refractivity contribution in [2.45, 2.75) is 46.1 Å². The van der Waals surface area contributed by atoms with Crippen LogP contribution in [0.15, 0.2) is 0 Å². The highest BCUT2D eigenvalue weighted by Gasteiger charge is 2.27. The molecule has 0 spiro atoms. The second-order valence-corrected chi connectivity index (χ2v) is 7.67. The van der Waals surface area contributed by atoms with E-state index in [1.54, 1.807) is 0 Å². The number of piperazine rings is 1. The molecule has 20 heavy (non-hydrogen) atoms. The number of anilines is 1. The topological polar surface area (TPSA) is 36.4 Å². The van der Waals surface area contributed by atoms with Crippen molar-refractivity contribution in [3.05, 3.63) is 10.6 Å². The van der Waals surface area contributed by atoms with Crippen LogP contribution in [0, 0.1) is 0 Å². The second kappa shape index (κ2) is 5.82. The lowest BCUT2D eigenvalue weighted by Gasteiger charge is -2.42. The van der Waals surface area contributed by atoms with Gasteiger partial charge in [0.1, 0.15) is 0 Å². The Hall–Kier alpha value is -0.940. The third kappa shape index (κ3) is 3.20. The van der Waals surface area contributed by atoms with Crippen LogP contribution in [0.2, 0.25) is 0 Å². The number of thiazole rings is 1. The van der Waals surface area contributed by atoms with Crippen LogP contribution >= 0.6 is 11.3 Å². The summed E-state index contributed by atoms with van der Waals surface area (Å²) in [5.41, 5.74) is 1.17. The monoisotopic (exact) mass is 295 g/mol. The molecule has 1 saturated heterocycles. The van der Waals surface area contributed by atoms with Gasteiger partial charge in [-0.2, -0.15) is 0 Å². The van der Waals surface area contributed by atoms with E-state index in [0.29, 0.717) is 5.92 Å². The highest BCUT2D eigenvalue weighted by atomic mass is 32.1. The fraction of sp³-hybridized carbons (Fsp3) is 0.733. The van der Waals surface area contributed by atoms with Gasteiger partial charge < -0.3 is 4.90 Å². The molecule has 0 saturated carbocycles. The lowest BCUT2D eigenvalue weighted by Crippen LogP contribution is -2.53. The molecule has 1 aromatic heterocycles. The number of carbonyl (C=O) groups excluding carboxylic acids is 1. The highest BCUT2D eigenvalue weighted by Crippen LogP contribution is 2.30. The molecule has 1 fully saturated rings. The van der Waals surface area contributed by atoms with Crippen molar-refractivity contribution in [3.8, 4) is 0 Å². The van der Waals surface area contributed by atoms with E-state index in [4.69, 9.17) is 0 Å². The minimum Gasteiger partial charge on any atom is -0.346 e. The molecule has 112 valence electrons. The van der Waals surface area contributed by atoms with Gasteiger partial charge in [-0.1, -0.05) is 25.2 Å². The van der Waals surface area contributed by atoms with Crippen molar-refractivity contribution in [1.29, 1.82) is 0 Å². The van der Waals surface area contributed by atoms with E-state index >= 15 is 0 Å². The van der Waals surface area contributed by atoms with Gasteiger partial charge in [0.15, 0.2) is 11.4 Å². The first kappa shape index (κ1) is 15.4. The number of aldehydes is 1. The quantitative estimate of drug-likeness (QED) is 0.803. The third-order valence-electron chi connectivity index (χ3n) is 3.82. The molecular formula is C15H25N3OS. The zero-order valence-corrected chi connectivity index (χ0v) is 14.0. The van der Waals surface area contributed by atoms with Crippen molar-refractivity contribution in [2.24, 2.45) is 0 Å². The van der Waals surface area contributed by atoms with Crippen LogP contribution in [0.25, 0.3) is 0 Å². The van der Waals surface area contributed by atoms with Crippen LogP contribution in [0.1, 0.15) is 55.9 Å². The summed E-state index contributed by atoms with van der Waals surface area (Å²) in [4.78, 5) is 21.4. The molecule has 0 bridgehead atoms. The molecule has 2 heterocycles. The largest absolute Gasteiger partial charge is 0.346 e. The normalized spacial score (nSPS) is 17.8. The predicted octanol–water partition coefficient (Wildman–Crippen LogP) is 3.00. The summed E-state index contributed by atoms with van der Waals surface area (Å²) in [7, 11) is 0. The van der Waals surface area contributed by atoms with E-state index < -0.39 is 0 Å². The minimum atomic E-state index is 0.228. The Morgan fingerprint density at radius 1 is 1.20 bits per heavy atom. The van der Waals surface area contributed by atoms with Gasteiger partial charge in [0.25, 0.3) is 0 Å². The summed E-state index contributed by atoms with van der Waals surface area (Å²) < 4.78 is 0. The highest BCUT2D eigenvalue weighted by molar-refractivity contribution is 7.17. The molecule has 0 amide bonds. The standard InChI is InChI=1S/C15H25N3OS/c1-11(2)13-12(10-19)20-14(16-13)17-6-8-18(9-7-17)15(3,4)5/h10-11H,6-9H2,1-5H3. The van der Waals surface area contributed by atoms with Crippen molar-refractivity contribution < 1.29 is 4.79 Å². The zero-order chi connectivity index (χ0) is 14.9. The average molecular weight is 295 g/mol. The molecule has 0 aromatic carbocycles. The van der Waals surface area contributed by atoms with Crippen LogP contribution < -0.4 is 4.90 Å². The Morgan fingerprint density at radius 3 is 2.20 bits per heavy atom. The molecule has 0 N–H and O–H groups in total. The lowest BCUT2D eigenvalue weighted by molar-refractivity contribution is 0.112. The molecule has 0 radical (unpaired) electrons. The SMILES string of the molecule is CC(C)c1nc(N2CCN(C(C)(C)C)CC2)sc1C=O. The maximum Gasteiger partial charge on any atom is 0.186 e. The van der Waals surface area contributed by atoms with Crippen LogP contribution in [-0.2, 0) is 0 Å². The van der Waals surface area contributed by atoms with Gasteiger partial charge in [-0.15, -0.1) is 0 Å². The first-order valence-corrected chi connectivity index (χ1v) is 8.10. The maximum atomic E-state index is 11.2. The first-order valence-electron chi connectivity index (χ1n) is 7.29. The van der Waals surface area contributed by atoms with Crippen molar-refractivity contribution in [3.63, 3.8) is 0 Å². The van der Waals surface area contributed by atoms with Crippen LogP contribution in [0.3, 0.4) is 0 Å². The Kier molecular flexibility index (Phi) is 4.49. The van der Waals surface area contributed by atoms with E-state index in [1.807, 2.05) is 0 Å². The molecule has 2 rings (SSSR count). The van der Waals surface area contributed by atoms with Crippen LogP contribution in [0.5, 0.6) is 0 Å². The number of hydrogen-bond acceptors (Lipinski definition) is 5. The van der Waals surface area contributed by atoms with Crippen LogP contribution in [-0.4, -0.2) is 47.9 Å². The van der Waals surface area contributed by atoms with Crippen LogP contribution in [0.4, 0.5) is 5.13 Å².